The molecule has 5 nitrogen and oxygen atoms in total. The van der Waals surface area contributed by atoms with Gasteiger partial charge in [0.15, 0.2) is 6.61 Å². The highest BCUT2D eigenvalue weighted by molar-refractivity contribution is 9.11. The van der Waals surface area contributed by atoms with Gasteiger partial charge in [-0.15, -0.1) is 0 Å². The van der Waals surface area contributed by atoms with E-state index in [-0.39, 0.29) is 0 Å². The van der Waals surface area contributed by atoms with E-state index < -0.39 is 12.6 Å². The summed E-state index contributed by atoms with van der Waals surface area (Å²) in [4.78, 5) is 10.8. The lowest BCUT2D eigenvalue weighted by atomic mass is 10.0. The first-order valence-electron chi connectivity index (χ1n) is 7.04. The molecule has 0 aromatic heterocycles. The van der Waals surface area contributed by atoms with Crippen LogP contribution in [0.5, 0.6) is 11.5 Å². The fourth-order valence-electron chi connectivity index (χ4n) is 2.08. The highest BCUT2D eigenvalue weighted by Crippen LogP contribution is 2.35. The highest BCUT2D eigenvalue weighted by atomic mass is 79.9. The summed E-state index contributed by atoms with van der Waals surface area (Å²) < 4.78 is 11.8. The van der Waals surface area contributed by atoms with Gasteiger partial charge in [0.05, 0.1) is 23.2 Å². The number of rotatable bonds is 6. The number of nitriles is 1. The zero-order chi connectivity index (χ0) is 18.4. The Labute approximate surface area is 161 Å². The molecule has 25 heavy (non-hydrogen) atoms. The average Bonchev–Trinajstić information content (AvgIpc) is 2.58. The van der Waals surface area contributed by atoms with Gasteiger partial charge in [-0.1, -0.05) is 15.9 Å². The Kier molecular flexibility index (Phi) is 6.62. The van der Waals surface area contributed by atoms with Crippen LogP contribution in [0.4, 0.5) is 0 Å². The Bertz CT molecular complexity index is 855. The minimum atomic E-state index is -1.08. The number of benzene rings is 2. The van der Waals surface area contributed by atoms with Gasteiger partial charge in [-0.25, -0.2) is 4.79 Å². The summed E-state index contributed by atoms with van der Waals surface area (Å²) in [5, 5.41) is 18.3. The minimum absolute atomic E-state index is 0.354. The lowest BCUT2D eigenvalue weighted by molar-refractivity contribution is -0.139. The molecule has 0 amide bonds. The van der Waals surface area contributed by atoms with E-state index in [9.17, 15) is 10.1 Å². The molecule has 1 N–H and O–H groups in total. The standard InChI is InChI=1S/C18H13Br2NO4/c1-24-15-4-2-11(3-5-15)13(9-21)6-12-7-14(19)8-16(20)18(12)25-10-17(22)23/h2-8H,10H2,1H3,(H,22,23)/b13-6+. The van der Waals surface area contributed by atoms with E-state index >= 15 is 0 Å². The normalized spacial score (nSPS) is 10.9. The van der Waals surface area contributed by atoms with Crippen LogP contribution >= 0.6 is 31.9 Å². The summed E-state index contributed by atoms with van der Waals surface area (Å²) in [6.45, 7) is -0.481. The molecule has 0 bridgehead atoms. The molecule has 0 spiro atoms. The third-order valence-electron chi connectivity index (χ3n) is 3.20. The van der Waals surface area contributed by atoms with Gasteiger partial charge in [0, 0.05) is 10.0 Å². The topological polar surface area (TPSA) is 79.5 Å². The van der Waals surface area contributed by atoms with Crippen molar-refractivity contribution in [2.75, 3.05) is 13.7 Å². The minimum Gasteiger partial charge on any atom is -0.497 e. The van der Waals surface area contributed by atoms with Crippen LogP contribution in [0.15, 0.2) is 45.3 Å². The van der Waals surface area contributed by atoms with Crippen LogP contribution in [0.3, 0.4) is 0 Å². The van der Waals surface area contributed by atoms with Gasteiger partial charge in [-0.3, -0.25) is 0 Å². The highest BCUT2D eigenvalue weighted by Gasteiger charge is 2.12. The van der Waals surface area contributed by atoms with Gasteiger partial charge in [0.25, 0.3) is 0 Å². The number of methoxy groups -OCH3 is 1. The second-order valence-corrected chi connectivity index (χ2v) is 6.66. The molecule has 0 aliphatic heterocycles. The molecule has 2 rings (SSSR count). The SMILES string of the molecule is COc1ccc(/C(C#N)=C/c2cc(Br)cc(Br)c2OCC(=O)O)cc1. The maximum atomic E-state index is 10.8. The largest absolute Gasteiger partial charge is 0.497 e. The molecule has 0 unspecified atom stereocenters. The van der Waals surface area contributed by atoms with Crippen LogP contribution < -0.4 is 9.47 Å². The molecule has 128 valence electrons. The second kappa shape index (κ2) is 8.70. The van der Waals surface area contributed by atoms with Crippen LogP contribution in [0.2, 0.25) is 0 Å². The molecule has 0 fully saturated rings. The van der Waals surface area contributed by atoms with Gasteiger partial charge in [-0.05, 0) is 64.0 Å². The third-order valence-corrected chi connectivity index (χ3v) is 4.25. The number of aliphatic carboxylic acids is 1. The maximum absolute atomic E-state index is 10.8. The molecule has 0 atom stereocenters. The summed E-state index contributed by atoms with van der Waals surface area (Å²) in [6.07, 6.45) is 1.65. The smallest absolute Gasteiger partial charge is 0.341 e. The van der Waals surface area contributed by atoms with E-state index in [1.165, 1.54) is 0 Å². The predicted octanol–water partition coefficient (Wildman–Crippen LogP) is 4.75. The van der Waals surface area contributed by atoms with Crippen molar-refractivity contribution in [3.8, 4) is 17.6 Å². The zero-order valence-corrected chi connectivity index (χ0v) is 16.3. The number of carboxylic acids is 1. The van der Waals surface area contributed by atoms with Crippen molar-refractivity contribution in [1.82, 2.24) is 0 Å². The van der Waals surface area contributed by atoms with Crippen LogP contribution in [0.25, 0.3) is 11.6 Å². The van der Waals surface area contributed by atoms with Crippen LogP contribution in [0, 0.1) is 11.3 Å². The van der Waals surface area contributed by atoms with E-state index in [0.29, 0.717) is 32.7 Å². The van der Waals surface area contributed by atoms with Gasteiger partial charge in [0.1, 0.15) is 11.5 Å². The molecule has 2 aromatic carbocycles. The Balaban J connectivity index is 2.48. The van der Waals surface area contributed by atoms with Crippen molar-refractivity contribution in [2.45, 2.75) is 0 Å². The Morgan fingerprint density at radius 2 is 1.96 bits per heavy atom. The third kappa shape index (κ3) is 5.08. The first-order chi connectivity index (χ1) is 11.9. The van der Waals surface area contributed by atoms with Gasteiger partial charge in [-0.2, -0.15) is 5.26 Å². The lowest BCUT2D eigenvalue weighted by Gasteiger charge is -2.11. The van der Waals surface area contributed by atoms with Crippen molar-refractivity contribution in [3.63, 3.8) is 0 Å². The van der Waals surface area contributed by atoms with Crippen molar-refractivity contribution in [3.05, 3.63) is 56.5 Å². The molecule has 0 aliphatic rings. The van der Waals surface area contributed by atoms with Gasteiger partial charge in [0.2, 0.25) is 0 Å². The Hall–Kier alpha value is -2.30. The first-order valence-corrected chi connectivity index (χ1v) is 8.63. The fourth-order valence-corrected chi connectivity index (χ4v) is 3.45. The molecule has 0 aliphatic carbocycles. The summed E-state index contributed by atoms with van der Waals surface area (Å²) in [5.74, 6) is -0.0380. The van der Waals surface area contributed by atoms with E-state index in [1.807, 2.05) is 0 Å². The number of halogens is 2. The number of nitrogens with zero attached hydrogens (tertiary/aromatic N) is 1. The molecular weight excluding hydrogens is 454 g/mol. The average molecular weight is 467 g/mol. The molecule has 0 radical (unpaired) electrons. The quantitative estimate of drug-likeness (QED) is 0.491. The number of carbonyl (C=O) groups is 1. The first kappa shape index (κ1) is 19.0. The van der Waals surface area contributed by atoms with Crippen molar-refractivity contribution in [2.24, 2.45) is 0 Å². The van der Waals surface area contributed by atoms with E-state index in [4.69, 9.17) is 14.6 Å². The van der Waals surface area contributed by atoms with Gasteiger partial charge >= 0.3 is 5.97 Å². The second-order valence-electron chi connectivity index (χ2n) is 4.89. The number of carboxylic acid groups (broad SMARTS) is 1. The number of hydrogen-bond donors (Lipinski definition) is 1. The Morgan fingerprint density at radius 3 is 2.52 bits per heavy atom. The Morgan fingerprint density at radius 1 is 1.28 bits per heavy atom. The molecule has 0 saturated heterocycles. The number of hydrogen-bond acceptors (Lipinski definition) is 4. The number of allylic oxidation sites excluding steroid dienone is 1. The van der Waals surface area contributed by atoms with Crippen molar-refractivity contribution < 1.29 is 19.4 Å². The van der Waals surface area contributed by atoms with Crippen molar-refractivity contribution >= 4 is 49.5 Å². The van der Waals surface area contributed by atoms with Gasteiger partial charge < -0.3 is 14.6 Å². The summed E-state index contributed by atoms with van der Waals surface area (Å²) in [6, 6.07) is 12.7. The maximum Gasteiger partial charge on any atom is 0.341 e. The van der Waals surface area contributed by atoms with Crippen molar-refractivity contribution in [1.29, 1.82) is 5.26 Å². The van der Waals surface area contributed by atoms with Crippen LogP contribution in [-0.2, 0) is 4.79 Å². The summed E-state index contributed by atoms with van der Waals surface area (Å²) in [7, 11) is 1.57. The zero-order valence-electron chi connectivity index (χ0n) is 13.1. The summed E-state index contributed by atoms with van der Waals surface area (Å²) in [5.41, 5.74) is 1.70. The fraction of sp³-hybridized carbons (Fsp3) is 0.111. The predicted molar refractivity (Wildman–Crippen MR) is 101 cm³/mol. The van der Waals surface area contributed by atoms with E-state index in [2.05, 4.69) is 37.9 Å². The molecular formula is C18H13Br2NO4. The van der Waals surface area contributed by atoms with Crippen LogP contribution in [0.1, 0.15) is 11.1 Å². The van der Waals surface area contributed by atoms with Crippen LogP contribution in [-0.4, -0.2) is 24.8 Å². The molecule has 0 saturated carbocycles. The summed E-state index contributed by atoms with van der Waals surface area (Å²) >= 11 is 6.74. The van der Waals surface area contributed by atoms with E-state index in [0.717, 1.165) is 4.47 Å². The monoisotopic (exact) mass is 465 g/mol. The molecule has 7 heteroatoms. The number of ether oxygens (including phenoxy) is 2. The molecule has 2 aromatic rings. The van der Waals surface area contributed by atoms with E-state index in [1.54, 1.807) is 49.6 Å². The lowest BCUT2D eigenvalue weighted by Crippen LogP contribution is -2.10. The molecule has 0 heterocycles.